The van der Waals surface area contributed by atoms with E-state index in [9.17, 15) is 13.2 Å². The third-order valence-corrected chi connectivity index (χ3v) is 5.23. The van der Waals surface area contributed by atoms with Gasteiger partial charge in [-0.2, -0.15) is 13.2 Å². The number of alkyl halides is 3. The Hall–Kier alpha value is -2.52. The Morgan fingerprint density at radius 1 is 1.11 bits per heavy atom. The maximum atomic E-state index is 13.0. The normalized spacial score (nSPS) is 17.9. The molecule has 9 heteroatoms. The van der Waals surface area contributed by atoms with Crippen LogP contribution in [0.25, 0.3) is 10.7 Å². The van der Waals surface area contributed by atoms with E-state index in [1.807, 2.05) is 23.1 Å². The predicted molar refractivity (Wildman–Crippen MR) is 95.5 cm³/mol. The predicted octanol–water partition coefficient (Wildman–Crippen LogP) is 4.20. The van der Waals surface area contributed by atoms with Gasteiger partial charge in [0.2, 0.25) is 5.13 Å². The smallest absolute Gasteiger partial charge is 0.370 e. The standard InChI is InChI=1S/C18H15F3N4OS/c19-18(20,21)13-5-3-4-12(10-13)15-11-25(8-9-26-15)17-24-23-16(27-17)14-6-1-2-7-22-14/h1-7,10,15H,8-9,11H2/t15-/m0/s1. The van der Waals surface area contributed by atoms with E-state index < -0.39 is 17.8 Å². The molecule has 1 atom stereocenters. The second-order valence-electron chi connectivity index (χ2n) is 6.03. The first kappa shape index (κ1) is 17.9. The molecule has 0 spiro atoms. The number of rotatable bonds is 3. The fourth-order valence-electron chi connectivity index (χ4n) is 2.88. The van der Waals surface area contributed by atoms with Crippen molar-refractivity contribution in [1.29, 1.82) is 0 Å². The lowest BCUT2D eigenvalue weighted by atomic mass is 10.0. The highest BCUT2D eigenvalue weighted by Gasteiger charge is 2.32. The van der Waals surface area contributed by atoms with Crippen LogP contribution in [0.5, 0.6) is 0 Å². The first-order valence-corrected chi connectivity index (χ1v) is 9.11. The summed E-state index contributed by atoms with van der Waals surface area (Å²) in [4.78, 5) is 6.25. The SMILES string of the molecule is FC(F)(F)c1cccc([C@@H]2CN(c3nnc(-c4ccccn4)s3)CCO2)c1. The minimum atomic E-state index is -4.37. The number of hydrogen-bond acceptors (Lipinski definition) is 6. The summed E-state index contributed by atoms with van der Waals surface area (Å²) in [7, 11) is 0. The van der Waals surface area contributed by atoms with Gasteiger partial charge in [-0.3, -0.25) is 4.98 Å². The van der Waals surface area contributed by atoms with Crippen LogP contribution in [0, 0.1) is 0 Å². The van der Waals surface area contributed by atoms with Crippen molar-refractivity contribution in [3.8, 4) is 10.7 Å². The van der Waals surface area contributed by atoms with Gasteiger partial charge in [-0.25, -0.2) is 0 Å². The lowest BCUT2D eigenvalue weighted by Crippen LogP contribution is -2.38. The Kier molecular flexibility index (Phi) is 4.79. The third-order valence-electron chi connectivity index (χ3n) is 4.22. The molecule has 0 N–H and O–H groups in total. The number of halogens is 3. The van der Waals surface area contributed by atoms with Crippen LogP contribution in [-0.4, -0.2) is 34.9 Å². The number of morpholine rings is 1. The zero-order valence-corrected chi connectivity index (χ0v) is 14.9. The molecule has 1 saturated heterocycles. The van der Waals surface area contributed by atoms with Crippen LogP contribution in [-0.2, 0) is 10.9 Å². The van der Waals surface area contributed by atoms with E-state index in [1.54, 1.807) is 12.3 Å². The number of ether oxygens (including phenoxy) is 1. The molecule has 3 heterocycles. The lowest BCUT2D eigenvalue weighted by molar-refractivity contribution is -0.137. The molecule has 3 aromatic rings. The van der Waals surface area contributed by atoms with Gasteiger partial charge >= 0.3 is 6.18 Å². The third kappa shape index (κ3) is 3.93. The van der Waals surface area contributed by atoms with Gasteiger partial charge in [-0.1, -0.05) is 29.5 Å². The molecule has 1 aliphatic rings. The van der Waals surface area contributed by atoms with Crippen molar-refractivity contribution in [3.05, 3.63) is 59.8 Å². The molecule has 1 fully saturated rings. The van der Waals surface area contributed by atoms with Crippen LogP contribution in [0.15, 0.2) is 48.7 Å². The minimum absolute atomic E-state index is 0.402. The number of pyridine rings is 1. The summed E-state index contributed by atoms with van der Waals surface area (Å²) in [6.07, 6.45) is -3.14. The van der Waals surface area contributed by atoms with Crippen molar-refractivity contribution in [2.45, 2.75) is 12.3 Å². The number of anilines is 1. The number of aromatic nitrogens is 3. The molecule has 0 saturated carbocycles. The second-order valence-corrected chi connectivity index (χ2v) is 6.99. The fourth-order valence-corrected chi connectivity index (χ4v) is 3.73. The van der Waals surface area contributed by atoms with E-state index in [4.69, 9.17) is 4.74 Å². The van der Waals surface area contributed by atoms with Crippen molar-refractivity contribution < 1.29 is 17.9 Å². The monoisotopic (exact) mass is 392 g/mol. The van der Waals surface area contributed by atoms with E-state index in [1.165, 1.54) is 17.4 Å². The van der Waals surface area contributed by atoms with Gasteiger partial charge in [0.15, 0.2) is 5.01 Å². The topological polar surface area (TPSA) is 51.1 Å². The van der Waals surface area contributed by atoms with E-state index in [0.717, 1.165) is 17.8 Å². The van der Waals surface area contributed by atoms with Crippen LogP contribution in [0.2, 0.25) is 0 Å². The van der Waals surface area contributed by atoms with Gasteiger partial charge in [0.1, 0.15) is 11.8 Å². The zero-order chi connectivity index (χ0) is 18.9. The Labute approximate surface area is 157 Å². The largest absolute Gasteiger partial charge is 0.416 e. The first-order valence-electron chi connectivity index (χ1n) is 8.29. The number of benzene rings is 1. The quantitative estimate of drug-likeness (QED) is 0.669. The van der Waals surface area contributed by atoms with Crippen LogP contribution in [0.3, 0.4) is 0 Å². The van der Waals surface area contributed by atoms with Crippen LogP contribution >= 0.6 is 11.3 Å². The van der Waals surface area contributed by atoms with Crippen LogP contribution in [0.1, 0.15) is 17.2 Å². The molecule has 0 unspecified atom stereocenters. The molecule has 0 bridgehead atoms. The van der Waals surface area contributed by atoms with Crippen LogP contribution in [0.4, 0.5) is 18.3 Å². The average molecular weight is 392 g/mol. The molecular formula is C18H15F3N4OS. The Morgan fingerprint density at radius 3 is 2.78 bits per heavy atom. The van der Waals surface area contributed by atoms with E-state index in [2.05, 4.69) is 15.2 Å². The summed E-state index contributed by atoms with van der Waals surface area (Å²) >= 11 is 1.40. The molecule has 4 rings (SSSR count). The first-order chi connectivity index (χ1) is 13.0. The van der Waals surface area contributed by atoms with Gasteiger partial charge < -0.3 is 9.64 Å². The summed E-state index contributed by atoms with van der Waals surface area (Å²) in [5.41, 5.74) is 0.571. The lowest BCUT2D eigenvalue weighted by Gasteiger charge is -2.32. The van der Waals surface area contributed by atoms with Crippen molar-refractivity contribution in [2.24, 2.45) is 0 Å². The highest BCUT2D eigenvalue weighted by molar-refractivity contribution is 7.18. The molecule has 2 aromatic heterocycles. The summed E-state index contributed by atoms with van der Waals surface area (Å²) in [6.45, 7) is 1.42. The molecule has 0 radical (unpaired) electrons. The summed E-state index contributed by atoms with van der Waals surface area (Å²) in [5.74, 6) is 0. The molecule has 27 heavy (non-hydrogen) atoms. The summed E-state index contributed by atoms with van der Waals surface area (Å²) in [6, 6.07) is 10.8. The molecular weight excluding hydrogens is 377 g/mol. The summed E-state index contributed by atoms with van der Waals surface area (Å²) < 4.78 is 44.6. The molecule has 1 aromatic carbocycles. The Morgan fingerprint density at radius 2 is 2.00 bits per heavy atom. The maximum Gasteiger partial charge on any atom is 0.416 e. The van der Waals surface area contributed by atoms with Crippen molar-refractivity contribution in [3.63, 3.8) is 0 Å². The van der Waals surface area contributed by atoms with E-state index >= 15 is 0 Å². The highest BCUT2D eigenvalue weighted by Crippen LogP contribution is 2.34. The molecule has 0 aliphatic carbocycles. The fraction of sp³-hybridized carbons (Fsp3) is 0.278. The van der Waals surface area contributed by atoms with E-state index in [0.29, 0.717) is 35.4 Å². The van der Waals surface area contributed by atoms with Crippen molar-refractivity contribution in [1.82, 2.24) is 15.2 Å². The van der Waals surface area contributed by atoms with Crippen molar-refractivity contribution >= 4 is 16.5 Å². The van der Waals surface area contributed by atoms with Crippen molar-refractivity contribution in [2.75, 3.05) is 24.6 Å². The molecule has 1 aliphatic heterocycles. The average Bonchev–Trinajstić information content (AvgIpc) is 3.19. The molecule has 0 amide bonds. The number of nitrogens with zero attached hydrogens (tertiary/aromatic N) is 4. The van der Waals surface area contributed by atoms with Gasteiger partial charge in [-0.05, 0) is 29.8 Å². The van der Waals surface area contributed by atoms with Gasteiger partial charge in [0.25, 0.3) is 0 Å². The maximum absolute atomic E-state index is 13.0. The highest BCUT2D eigenvalue weighted by atomic mass is 32.1. The van der Waals surface area contributed by atoms with Gasteiger partial charge in [-0.15, -0.1) is 10.2 Å². The Bertz CT molecular complexity index is 916. The van der Waals surface area contributed by atoms with Crippen LogP contribution < -0.4 is 4.90 Å². The minimum Gasteiger partial charge on any atom is -0.370 e. The Balaban J connectivity index is 1.53. The number of hydrogen-bond donors (Lipinski definition) is 0. The van der Waals surface area contributed by atoms with Gasteiger partial charge in [0.05, 0.1) is 18.7 Å². The molecule has 5 nitrogen and oxygen atoms in total. The second kappa shape index (κ2) is 7.24. The van der Waals surface area contributed by atoms with Gasteiger partial charge in [0, 0.05) is 12.7 Å². The zero-order valence-electron chi connectivity index (χ0n) is 14.1. The molecule has 140 valence electrons. The van der Waals surface area contributed by atoms with E-state index in [-0.39, 0.29) is 0 Å². The summed E-state index contributed by atoms with van der Waals surface area (Å²) in [5, 5.41) is 9.81.